The van der Waals surface area contributed by atoms with Crippen LogP contribution in [0.25, 0.3) is 10.9 Å². The Morgan fingerprint density at radius 1 is 1.38 bits per heavy atom. The third-order valence-electron chi connectivity index (χ3n) is 4.74. The minimum absolute atomic E-state index is 0.0270. The summed E-state index contributed by atoms with van der Waals surface area (Å²) in [7, 11) is 0. The lowest BCUT2D eigenvalue weighted by atomic mass is 9.92. The number of rotatable bonds is 4. The predicted molar refractivity (Wildman–Crippen MR) is 91.4 cm³/mol. The van der Waals surface area contributed by atoms with Gasteiger partial charge in [-0.25, -0.2) is 4.68 Å². The van der Waals surface area contributed by atoms with Gasteiger partial charge in [0.2, 0.25) is 5.91 Å². The van der Waals surface area contributed by atoms with Crippen LogP contribution in [-0.2, 0) is 11.3 Å². The third kappa shape index (κ3) is 3.31. The first-order chi connectivity index (χ1) is 11.6. The first-order valence-electron chi connectivity index (χ1n) is 8.42. The standard InChI is InChI=1S/C17H23N5O2/c1-12-6-8-21(13(10-12)11-18)16(23)7-9-22-17(24)14-4-2-3-5-15(14)19-20-22/h2-5,12-13H,6-11,18H2,1H3. The van der Waals surface area contributed by atoms with Gasteiger partial charge in [0.05, 0.1) is 11.9 Å². The number of amides is 1. The summed E-state index contributed by atoms with van der Waals surface area (Å²) in [4.78, 5) is 26.8. The Kier molecular flexibility index (Phi) is 4.89. The Bertz CT molecular complexity index is 788. The van der Waals surface area contributed by atoms with Crippen molar-refractivity contribution in [1.82, 2.24) is 19.9 Å². The van der Waals surface area contributed by atoms with Crippen LogP contribution in [0.15, 0.2) is 29.1 Å². The van der Waals surface area contributed by atoms with Crippen molar-refractivity contribution >= 4 is 16.8 Å². The summed E-state index contributed by atoms with van der Waals surface area (Å²) in [6.45, 7) is 3.64. The second-order valence-electron chi connectivity index (χ2n) is 6.49. The first kappa shape index (κ1) is 16.6. The van der Waals surface area contributed by atoms with Gasteiger partial charge < -0.3 is 10.6 Å². The van der Waals surface area contributed by atoms with Crippen LogP contribution in [0.1, 0.15) is 26.2 Å². The average Bonchev–Trinajstić information content (AvgIpc) is 2.61. The number of benzene rings is 1. The van der Waals surface area contributed by atoms with Gasteiger partial charge in [-0.2, -0.15) is 0 Å². The van der Waals surface area contributed by atoms with Gasteiger partial charge in [0.25, 0.3) is 5.56 Å². The van der Waals surface area contributed by atoms with Crippen LogP contribution in [0.4, 0.5) is 0 Å². The molecule has 7 heteroatoms. The maximum atomic E-state index is 12.5. The highest BCUT2D eigenvalue weighted by atomic mass is 16.2. The maximum absolute atomic E-state index is 12.5. The van der Waals surface area contributed by atoms with Crippen molar-refractivity contribution in [2.24, 2.45) is 11.7 Å². The van der Waals surface area contributed by atoms with Gasteiger partial charge in [-0.05, 0) is 30.9 Å². The summed E-state index contributed by atoms with van der Waals surface area (Å²) in [6, 6.07) is 7.18. The molecule has 0 radical (unpaired) electrons. The van der Waals surface area contributed by atoms with E-state index in [9.17, 15) is 9.59 Å². The molecule has 0 saturated carbocycles. The molecular weight excluding hydrogens is 306 g/mol. The maximum Gasteiger partial charge on any atom is 0.277 e. The fraction of sp³-hybridized carbons (Fsp3) is 0.529. The summed E-state index contributed by atoms with van der Waals surface area (Å²) in [5.74, 6) is 0.621. The second kappa shape index (κ2) is 7.09. The van der Waals surface area contributed by atoms with Gasteiger partial charge in [-0.15, -0.1) is 5.10 Å². The van der Waals surface area contributed by atoms with Crippen molar-refractivity contribution in [2.75, 3.05) is 13.1 Å². The van der Waals surface area contributed by atoms with Crippen molar-refractivity contribution in [1.29, 1.82) is 0 Å². The summed E-state index contributed by atoms with van der Waals surface area (Å²) in [6.07, 6.45) is 2.17. The SMILES string of the molecule is CC1CCN(C(=O)CCn2nnc3ccccc3c2=O)C(CN)C1. The Balaban J connectivity index is 1.70. The van der Waals surface area contributed by atoms with Crippen LogP contribution in [0.2, 0.25) is 0 Å². The Hall–Kier alpha value is -2.28. The van der Waals surface area contributed by atoms with E-state index in [-0.39, 0.29) is 30.5 Å². The number of nitrogens with two attached hydrogens (primary N) is 1. The quantitative estimate of drug-likeness (QED) is 0.894. The van der Waals surface area contributed by atoms with Gasteiger partial charge in [-0.3, -0.25) is 9.59 Å². The fourth-order valence-corrected chi connectivity index (χ4v) is 3.32. The van der Waals surface area contributed by atoms with E-state index >= 15 is 0 Å². The molecule has 2 N–H and O–H groups in total. The van der Waals surface area contributed by atoms with Crippen molar-refractivity contribution in [3.8, 4) is 0 Å². The number of aryl methyl sites for hydroxylation is 1. The predicted octanol–water partition coefficient (Wildman–Crippen LogP) is 0.767. The molecule has 0 spiro atoms. The number of hydrogen-bond donors (Lipinski definition) is 1. The molecule has 1 fully saturated rings. The molecule has 1 aliphatic heterocycles. The number of carbonyl (C=O) groups is 1. The lowest BCUT2D eigenvalue weighted by Gasteiger charge is -2.38. The molecule has 2 unspecified atom stereocenters. The van der Waals surface area contributed by atoms with Gasteiger partial charge in [-0.1, -0.05) is 24.3 Å². The van der Waals surface area contributed by atoms with Crippen molar-refractivity contribution in [3.05, 3.63) is 34.6 Å². The monoisotopic (exact) mass is 329 g/mol. The molecule has 1 aromatic heterocycles. The first-order valence-corrected chi connectivity index (χ1v) is 8.42. The van der Waals surface area contributed by atoms with Crippen LogP contribution in [0.5, 0.6) is 0 Å². The summed E-state index contributed by atoms with van der Waals surface area (Å²) in [5, 5.41) is 8.50. The molecule has 2 atom stereocenters. The van der Waals surface area contributed by atoms with Crippen LogP contribution in [-0.4, -0.2) is 44.9 Å². The molecular formula is C17H23N5O2. The molecule has 0 aliphatic carbocycles. The Morgan fingerprint density at radius 3 is 2.96 bits per heavy atom. The summed E-state index contributed by atoms with van der Waals surface area (Å²) < 4.78 is 1.27. The van der Waals surface area contributed by atoms with Crippen LogP contribution in [0.3, 0.4) is 0 Å². The second-order valence-corrected chi connectivity index (χ2v) is 6.49. The summed E-state index contributed by atoms with van der Waals surface area (Å²) in [5.41, 5.74) is 6.17. The average molecular weight is 329 g/mol. The third-order valence-corrected chi connectivity index (χ3v) is 4.74. The van der Waals surface area contributed by atoms with Crippen LogP contribution >= 0.6 is 0 Å². The highest BCUT2D eigenvalue weighted by molar-refractivity contribution is 5.77. The van der Waals surface area contributed by atoms with Gasteiger partial charge in [0.15, 0.2) is 0 Å². The smallest absolute Gasteiger partial charge is 0.277 e. The van der Waals surface area contributed by atoms with Crippen molar-refractivity contribution in [2.45, 2.75) is 38.8 Å². The largest absolute Gasteiger partial charge is 0.338 e. The highest BCUT2D eigenvalue weighted by Gasteiger charge is 2.28. The lowest BCUT2D eigenvalue weighted by Crippen LogP contribution is -2.49. The molecule has 0 bridgehead atoms. The molecule has 1 aromatic carbocycles. The van der Waals surface area contributed by atoms with Crippen molar-refractivity contribution in [3.63, 3.8) is 0 Å². The van der Waals surface area contributed by atoms with E-state index in [1.807, 2.05) is 11.0 Å². The molecule has 24 heavy (non-hydrogen) atoms. The minimum atomic E-state index is -0.212. The number of aromatic nitrogens is 3. The molecule has 2 heterocycles. The zero-order valence-electron chi connectivity index (χ0n) is 13.9. The van der Waals surface area contributed by atoms with Gasteiger partial charge >= 0.3 is 0 Å². The topological polar surface area (TPSA) is 94.1 Å². The zero-order chi connectivity index (χ0) is 17.1. The number of hydrogen-bond acceptors (Lipinski definition) is 5. The molecule has 1 saturated heterocycles. The summed E-state index contributed by atoms with van der Waals surface area (Å²) >= 11 is 0. The fourth-order valence-electron chi connectivity index (χ4n) is 3.32. The number of likely N-dealkylation sites (tertiary alicyclic amines) is 1. The number of nitrogens with zero attached hydrogens (tertiary/aromatic N) is 4. The highest BCUT2D eigenvalue weighted by Crippen LogP contribution is 2.22. The van der Waals surface area contributed by atoms with E-state index in [1.165, 1.54) is 4.68 Å². The molecule has 7 nitrogen and oxygen atoms in total. The van der Waals surface area contributed by atoms with Crippen LogP contribution < -0.4 is 11.3 Å². The van der Waals surface area contributed by atoms with E-state index in [0.29, 0.717) is 23.4 Å². The molecule has 1 aliphatic rings. The normalized spacial score (nSPS) is 21.2. The number of fused-ring (bicyclic) bond motifs is 1. The number of piperidine rings is 1. The van der Waals surface area contributed by atoms with Crippen molar-refractivity contribution < 1.29 is 4.79 Å². The van der Waals surface area contributed by atoms with E-state index in [1.54, 1.807) is 18.2 Å². The van der Waals surface area contributed by atoms with Gasteiger partial charge in [0, 0.05) is 25.6 Å². The molecule has 1 amide bonds. The molecule has 128 valence electrons. The van der Waals surface area contributed by atoms with E-state index < -0.39 is 0 Å². The van der Waals surface area contributed by atoms with E-state index in [2.05, 4.69) is 17.2 Å². The van der Waals surface area contributed by atoms with Gasteiger partial charge in [0.1, 0.15) is 5.52 Å². The molecule has 3 rings (SSSR count). The Labute approximate surface area is 140 Å². The van der Waals surface area contributed by atoms with E-state index in [4.69, 9.17) is 5.73 Å². The number of carbonyl (C=O) groups excluding carboxylic acids is 1. The zero-order valence-corrected chi connectivity index (χ0v) is 13.9. The van der Waals surface area contributed by atoms with E-state index in [0.717, 1.165) is 19.4 Å². The molecule has 2 aromatic rings. The minimum Gasteiger partial charge on any atom is -0.338 e. The lowest BCUT2D eigenvalue weighted by molar-refractivity contribution is -0.135. The van der Waals surface area contributed by atoms with Crippen LogP contribution in [0, 0.1) is 5.92 Å². The Morgan fingerprint density at radius 2 is 2.17 bits per heavy atom.